The van der Waals surface area contributed by atoms with Crippen molar-refractivity contribution in [3.8, 4) is 0 Å². The minimum Gasteiger partial charge on any atom is -0.291 e. The summed E-state index contributed by atoms with van der Waals surface area (Å²) in [6.07, 6.45) is 0. The molecule has 0 saturated carbocycles. The van der Waals surface area contributed by atoms with E-state index in [0.29, 0.717) is 5.69 Å². The summed E-state index contributed by atoms with van der Waals surface area (Å²) in [5, 5.41) is 0. The number of aromatic nitrogens is 2. The highest BCUT2D eigenvalue weighted by molar-refractivity contribution is 9.10. The maximum absolute atomic E-state index is 5.79. The lowest BCUT2D eigenvalue weighted by atomic mass is 10.4. The lowest BCUT2D eigenvalue weighted by Gasteiger charge is -2.00. The van der Waals surface area contributed by atoms with E-state index in [4.69, 9.17) is 23.2 Å². The first-order valence-corrected chi connectivity index (χ1v) is 5.69. The zero-order valence-electron chi connectivity index (χ0n) is 7.34. The summed E-state index contributed by atoms with van der Waals surface area (Å²) in [6, 6.07) is 5.86. The molecule has 0 aromatic carbocycles. The number of nitrogens with zero attached hydrogens (tertiary/aromatic N) is 2. The van der Waals surface area contributed by atoms with Crippen LogP contribution in [0.15, 0.2) is 22.8 Å². The molecule has 5 heteroatoms. The summed E-state index contributed by atoms with van der Waals surface area (Å²) in [7, 11) is 0. The van der Waals surface area contributed by atoms with Gasteiger partial charge in [0.25, 0.3) is 0 Å². The summed E-state index contributed by atoms with van der Waals surface area (Å²) < 4.78 is 2.79. The maximum atomic E-state index is 5.79. The van der Waals surface area contributed by atoms with Crippen LogP contribution in [-0.2, 0) is 0 Å². The first kappa shape index (κ1) is 10.3. The highest BCUT2D eigenvalue weighted by Gasteiger charge is 2.16. The molecule has 0 N–H and O–H groups in total. The van der Waals surface area contributed by atoms with E-state index in [1.165, 1.54) is 0 Å². The van der Waals surface area contributed by atoms with Crippen LogP contribution < -0.4 is 0 Å². The van der Waals surface area contributed by atoms with Gasteiger partial charge in [-0.05, 0) is 35.0 Å². The van der Waals surface area contributed by atoms with Crippen molar-refractivity contribution in [2.24, 2.45) is 0 Å². The molecule has 74 valence electrons. The summed E-state index contributed by atoms with van der Waals surface area (Å²) in [5.41, 5.74) is 2.59. The first-order valence-electron chi connectivity index (χ1n) is 4.03. The van der Waals surface area contributed by atoms with Crippen LogP contribution in [0.25, 0.3) is 5.65 Å². The molecule has 0 aliphatic rings. The van der Waals surface area contributed by atoms with Crippen LogP contribution in [0, 0.1) is 6.92 Å². The predicted molar refractivity (Wildman–Crippen MR) is 62.1 cm³/mol. The summed E-state index contributed by atoms with van der Waals surface area (Å²) >= 11 is 15.0. The highest BCUT2D eigenvalue weighted by Crippen LogP contribution is 2.31. The summed E-state index contributed by atoms with van der Waals surface area (Å²) in [6.45, 7) is 2.00. The standard InChI is InChI=1S/C9H7BrCl2N2/c1-5-3-2-4-6-13-7(9(11)12)8(10)14(5)6/h2-4,9H,1H3. The molecule has 0 atom stereocenters. The van der Waals surface area contributed by atoms with Crippen molar-refractivity contribution in [3.63, 3.8) is 0 Å². The summed E-state index contributed by atoms with van der Waals surface area (Å²) in [4.78, 5) is 3.72. The van der Waals surface area contributed by atoms with Gasteiger partial charge in [0, 0.05) is 5.69 Å². The Bertz CT molecular complexity index is 479. The minimum absolute atomic E-state index is 0.608. The van der Waals surface area contributed by atoms with Crippen LogP contribution in [-0.4, -0.2) is 9.38 Å². The molecule has 14 heavy (non-hydrogen) atoms. The zero-order valence-corrected chi connectivity index (χ0v) is 10.4. The van der Waals surface area contributed by atoms with Crippen LogP contribution in [0.4, 0.5) is 0 Å². The smallest absolute Gasteiger partial charge is 0.152 e. The van der Waals surface area contributed by atoms with E-state index in [1.54, 1.807) is 0 Å². The fourth-order valence-electron chi connectivity index (χ4n) is 1.37. The van der Waals surface area contributed by atoms with Crippen molar-refractivity contribution in [1.82, 2.24) is 9.38 Å². The van der Waals surface area contributed by atoms with Gasteiger partial charge in [0.15, 0.2) is 4.84 Å². The molecule has 2 aromatic heterocycles. The maximum Gasteiger partial charge on any atom is 0.152 e. The van der Waals surface area contributed by atoms with Gasteiger partial charge in [-0.2, -0.15) is 0 Å². The minimum atomic E-state index is -0.608. The van der Waals surface area contributed by atoms with E-state index in [2.05, 4.69) is 20.9 Å². The lowest BCUT2D eigenvalue weighted by Crippen LogP contribution is -1.90. The Labute approximate surface area is 100.0 Å². The molecule has 0 radical (unpaired) electrons. The quantitative estimate of drug-likeness (QED) is 0.729. The first-order chi connectivity index (χ1) is 6.61. The molecule has 2 heterocycles. The molecule has 2 nitrogen and oxygen atoms in total. The average molecular weight is 294 g/mol. The fraction of sp³-hybridized carbons (Fsp3) is 0.222. The van der Waals surface area contributed by atoms with Crippen molar-refractivity contribution in [1.29, 1.82) is 0 Å². The monoisotopic (exact) mass is 292 g/mol. The SMILES string of the molecule is Cc1cccc2nc(C(Cl)Cl)c(Br)n12. The van der Waals surface area contributed by atoms with E-state index < -0.39 is 4.84 Å². The van der Waals surface area contributed by atoms with Gasteiger partial charge in [0.1, 0.15) is 15.9 Å². The highest BCUT2D eigenvalue weighted by atomic mass is 79.9. The third kappa shape index (κ3) is 1.53. The van der Waals surface area contributed by atoms with E-state index >= 15 is 0 Å². The topological polar surface area (TPSA) is 17.3 Å². The second-order valence-electron chi connectivity index (χ2n) is 2.95. The Balaban J connectivity index is 2.81. The Kier molecular flexibility index (Phi) is 2.73. The molecular weight excluding hydrogens is 287 g/mol. The largest absolute Gasteiger partial charge is 0.291 e. The number of hydrogen-bond acceptors (Lipinski definition) is 1. The molecular formula is C9H7BrCl2N2. The Morgan fingerprint density at radius 2 is 2.14 bits per heavy atom. The van der Waals surface area contributed by atoms with Gasteiger partial charge in [-0.3, -0.25) is 4.40 Å². The molecule has 0 fully saturated rings. The lowest BCUT2D eigenvalue weighted by molar-refractivity contribution is 1.06. The molecule has 0 unspecified atom stereocenters. The van der Waals surface area contributed by atoms with Crippen LogP contribution in [0.5, 0.6) is 0 Å². The molecule has 0 bridgehead atoms. The molecule has 2 aromatic rings. The molecule has 0 aliphatic carbocycles. The van der Waals surface area contributed by atoms with Gasteiger partial charge >= 0.3 is 0 Å². The van der Waals surface area contributed by atoms with Crippen molar-refractivity contribution in [2.45, 2.75) is 11.8 Å². The van der Waals surface area contributed by atoms with E-state index in [-0.39, 0.29) is 0 Å². The number of alkyl halides is 2. The van der Waals surface area contributed by atoms with Gasteiger partial charge in [-0.25, -0.2) is 4.98 Å². The van der Waals surface area contributed by atoms with Gasteiger partial charge < -0.3 is 0 Å². The molecule has 0 aliphatic heterocycles. The van der Waals surface area contributed by atoms with Crippen molar-refractivity contribution >= 4 is 44.8 Å². The zero-order chi connectivity index (χ0) is 10.3. The summed E-state index contributed by atoms with van der Waals surface area (Å²) in [5.74, 6) is 0. The number of imidazole rings is 1. The number of rotatable bonds is 1. The third-order valence-electron chi connectivity index (χ3n) is 2.01. The van der Waals surface area contributed by atoms with Gasteiger partial charge in [0.2, 0.25) is 0 Å². The van der Waals surface area contributed by atoms with Crippen molar-refractivity contribution < 1.29 is 0 Å². The normalized spacial score (nSPS) is 11.5. The Morgan fingerprint density at radius 3 is 2.71 bits per heavy atom. The van der Waals surface area contributed by atoms with Crippen LogP contribution in [0.3, 0.4) is 0 Å². The van der Waals surface area contributed by atoms with Crippen LogP contribution in [0.2, 0.25) is 0 Å². The number of halogens is 3. The predicted octanol–water partition coefficient (Wildman–Crippen LogP) is 3.88. The Morgan fingerprint density at radius 1 is 1.43 bits per heavy atom. The van der Waals surface area contributed by atoms with Gasteiger partial charge in [0.05, 0.1) is 0 Å². The number of aryl methyl sites for hydroxylation is 1. The molecule has 0 spiro atoms. The van der Waals surface area contributed by atoms with Crippen molar-refractivity contribution in [2.75, 3.05) is 0 Å². The molecule has 2 rings (SSSR count). The number of pyridine rings is 1. The second kappa shape index (κ2) is 3.72. The van der Waals surface area contributed by atoms with Gasteiger partial charge in [-0.15, -0.1) is 0 Å². The average Bonchev–Trinajstić information content (AvgIpc) is 2.45. The Hall–Kier alpha value is -0.250. The number of fused-ring (bicyclic) bond motifs is 1. The molecule has 0 amide bonds. The van der Waals surface area contributed by atoms with Crippen LogP contribution in [0.1, 0.15) is 16.2 Å². The van der Waals surface area contributed by atoms with Crippen molar-refractivity contribution in [3.05, 3.63) is 34.2 Å². The van der Waals surface area contributed by atoms with E-state index in [1.807, 2.05) is 29.5 Å². The van der Waals surface area contributed by atoms with Crippen LogP contribution >= 0.6 is 39.1 Å². The second-order valence-corrected chi connectivity index (χ2v) is 4.80. The van der Waals surface area contributed by atoms with E-state index in [0.717, 1.165) is 15.9 Å². The fourth-order valence-corrected chi connectivity index (χ4v) is 2.72. The van der Waals surface area contributed by atoms with Gasteiger partial charge in [-0.1, -0.05) is 29.3 Å². The van der Waals surface area contributed by atoms with E-state index in [9.17, 15) is 0 Å². The molecule has 0 saturated heterocycles. The third-order valence-corrected chi connectivity index (χ3v) is 3.19. The number of hydrogen-bond donors (Lipinski definition) is 0.